The molecule has 0 radical (unpaired) electrons. The molecule has 1 aromatic carbocycles. The monoisotopic (exact) mass is 274 g/mol. The highest BCUT2D eigenvalue weighted by Crippen LogP contribution is 2.48. The largest absolute Gasteiger partial charge is 0.373 e. The number of anilines is 1. The summed E-state index contributed by atoms with van der Waals surface area (Å²) < 4.78 is 0. The number of nitriles is 1. The van der Waals surface area contributed by atoms with Gasteiger partial charge in [-0.2, -0.15) is 5.26 Å². The van der Waals surface area contributed by atoms with E-state index < -0.39 is 0 Å². The van der Waals surface area contributed by atoms with Crippen molar-refractivity contribution in [1.29, 1.82) is 5.26 Å². The average Bonchev–Trinajstić information content (AvgIpc) is 3.00. The van der Waals surface area contributed by atoms with Crippen LogP contribution in [0.1, 0.15) is 31.2 Å². The van der Waals surface area contributed by atoms with Gasteiger partial charge in [0.2, 0.25) is 0 Å². The zero-order valence-corrected chi connectivity index (χ0v) is 12.0. The lowest BCUT2D eigenvalue weighted by Crippen LogP contribution is -2.29. The van der Waals surface area contributed by atoms with E-state index in [2.05, 4.69) is 18.0 Å². The molecule has 3 rings (SSSR count). The molecule has 19 heavy (non-hydrogen) atoms. The first-order chi connectivity index (χ1) is 9.19. The summed E-state index contributed by atoms with van der Waals surface area (Å²) in [6.07, 6.45) is 5.64. The normalized spacial score (nSPS) is 28.4. The van der Waals surface area contributed by atoms with Crippen LogP contribution >= 0.6 is 11.6 Å². The highest BCUT2D eigenvalue weighted by atomic mass is 35.5. The molecule has 0 heterocycles. The molecular formula is C16H19ClN2. The van der Waals surface area contributed by atoms with Gasteiger partial charge in [-0.05, 0) is 49.1 Å². The summed E-state index contributed by atoms with van der Waals surface area (Å²) in [6.45, 7) is 1.05. The second kappa shape index (κ2) is 5.06. The molecule has 3 heteroatoms. The highest BCUT2D eigenvalue weighted by molar-refractivity contribution is 6.32. The van der Waals surface area contributed by atoms with Gasteiger partial charge in [0.1, 0.15) is 6.07 Å². The number of hydrogen-bond donors (Lipinski definition) is 0. The predicted octanol–water partition coefficient (Wildman–Crippen LogP) is 4.08. The van der Waals surface area contributed by atoms with Gasteiger partial charge in [0.05, 0.1) is 16.3 Å². The molecule has 0 aliphatic heterocycles. The Morgan fingerprint density at radius 1 is 1.37 bits per heavy atom. The van der Waals surface area contributed by atoms with Crippen LogP contribution in [0.25, 0.3) is 0 Å². The summed E-state index contributed by atoms with van der Waals surface area (Å²) in [4.78, 5) is 2.22. The lowest BCUT2D eigenvalue weighted by Gasteiger charge is -2.29. The molecule has 1 aromatic rings. The van der Waals surface area contributed by atoms with Crippen molar-refractivity contribution in [2.75, 3.05) is 18.5 Å². The SMILES string of the molecule is CN(CC1CC2CCC1C2)c1cccc(Cl)c1C#N. The number of rotatable bonds is 3. The fourth-order valence-electron chi connectivity index (χ4n) is 3.99. The van der Waals surface area contributed by atoms with E-state index in [0.717, 1.165) is 30.0 Å². The molecule has 2 aliphatic rings. The van der Waals surface area contributed by atoms with E-state index in [4.69, 9.17) is 11.6 Å². The van der Waals surface area contributed by atoms with Crippen LogP contribution in [0.2, 0.25) is 5.02 Å². The van der Waals surface area contributed by atoms with Gasteiger partial charge in [-0.3, -0.25) is 0 Å². The minimum absolute atomic E-state index is 0.555. The van der Waals surface area contributed by atoms with E-state index in [9.17, 15) is 5.26 Å². The molecule has 0 amide bonds. The van der Waals surface area contributed by atoms with Crippen molar-refractivity contribution in [2.24, 2.45) is 17.8 Å². The van der Waals surface area contributed by atoms with Crippen molar-refractivity contribution >= 4 is 17.3 Å². The van der Waals surface area contributed by atoms with Crippen LogP contribution in [0.4, 0.5) is 5.69 Å². The molecule has 100 valence electrons. The Morgan fingerprint density at radius 2 is 2.21 bits per heavy atom. The minimum Gasteiger partial charge on any atom is -0.373 e. The van der Waals surface area contributed by atoms with E-state index >= 15 is 0 Å². The quantitative estimate of drug-likeness (QED) is 0.830. The molecular weight excluding hydrogens is 256 g/mol. The van der Waals surface area contributed by atoms with Gasteiger partial charge < -0.3 is 4.90 Å². The second-order valence-corrected chi connectivity index (χ2v) is 6.47. The molecule has 0 aromatic heterocycles. The first-order valence-electron chi connectivity index (χ1n) is 7.08. The number of hydrogen-bond acceptors (Lipinski definition) is 2. The summed E-state index contributed by atoms with van der Waals surface area (Å²) >= 11 is 6.10. The fourth-order valence-corrected chi connectivity index (χ4v) is 4.20. The van der Waals surface area contributed by atoms with E-state index in [0.29, 0.717) is 10.6 Å². The third-order valence-corrected chi connectivity index (χ3v) is 5.22. The smallest absolute Gasteiger partial charge is 0.103 e. The standard InChI is InChI=1S/C16H19ClN2/c1-19(10-13-8-11-5-6-12(13)7-11)16-4-2-3-15(17)14(16)9-18/h2-4,11-13H,5-8,10H2,1H3. The first-order valence-corrected chi connectivity index (χ1v) is 7.46. The molecule has 0 saturated heterocycles. The van der Waals surface area contributed by atoms with Crippen molar-refractivity contribution in [2.45, 2.75) is 25.7 Å². The van der Waals surface area contributed by atoms with Crippen LogP contribution in [0.3, 0.4) is 0 Å². The molecule has 0 N–H and O–H groups in total. The van der Waals surface area contributed by atoms with E-state index in [1.54, 1.807) is 6.07 Å². The third kappa shape index (κ3) is 2.32. The Balaban J connectivity index is 1.76. The maximum absolute atomic E-state index is 9.25. The Bertz CT molecular complexity index is 520. The van der Waals surface area contributed by atoms with Crippen molar-refractivity contribution in [1.82, 2.24) is 0 Å². The van der Waals surface area contributed by atoms with Crippen molar-refractivity contribution in [3.63, 3.8) is 0 Å². The molecule has 2 nitrogen and oxygen atoms in total. The molecule has 3 unspecified atom stereocenters. The lowest BCUT2D eigenvalue weighted by molar-refractivity contribution is 0.337. The zero-order valence-electron chi connectivity index (χ0n) is 11.3. The van der Waals surface area contributed by atoms with Gasteiger partial charge in [0.15, 0.2) is 0 Å². The van der Waals surface area contributed by atoms with Gasteiger partial charge in [-0.1, -0.05) is 24.1 Å². The van der Waals surface area contributed by atoms with Crippen LogP contribution in [-0.4, -0.2) is 13.6 Å². The predicted molar refractivity (Wildman–Crippen MR) is 78.4 cm³/mol. The third-order valence-electron chi connectivity index (χ3n) is 4.91. The zero-order chi connectivity index (χ0) is 13.4. The fraction of sp³-hybridized carbons (Fsp3) is 0.562. The van der Waals surface area contributed by atoms with Gasteiger partial charge in [0.25, 0.3) is 0 Å². The molecule has 0 spiro atoms. The minimum atomic E-state index is 0.555. The molecule has 2 bridgehead atoms. The number of nitrogens with zero attached hydrogens (tertiary/aromatic N) is 2. The number of benzene rings is 1. The van der Waals surface area contributed by atoms with Gasteiger partial charge in [-0.15, -0.1) is 0 Å². The van der Waals surface area contributed by atoms with Crippen LogP contribution in [0.15, 0.2) is 18.2 Å². The summed E-state index contributed by atoms with van der Waals surface area (Å²) in [5, 5.41) is 9.81. The van der Waals surface area contributed by atoms with Gasteiger partial charge >= 0.3 is 0 Å². The Hall–Kier alpha value is -1.20. The molecule has 2 saturated carbocycles. The Morgan fingerprint density at radius 3 is 2.84 bits per heavy atom. The van der Waals surface area contributed by atoms with Gasteiger partial charge in [-0.25, -0.2) is 0 Å². The van der Waals surface area contributed by atoms with Crippen molar-refractivity contribution < 1.29 is 0 Å². The second-order valence-electron chi connectivity index (χ2n) is 6.06. The van der Waals surface area contributed by atoms with Gasteiger partial charge in [0, 0.05) is 13.6 Å². The van der Waals surface area contributed by atoms with Crippen LogP contribution < -0.4 is 4.90 Å². The van der Waals surface area contributed by atoms with Crippen molar-refractivity contribution in [3.8, 4) is 6.07 Å². The van der Waals surface area contributed by atoms with E-state index in [1.807, 2.05) is 12.1 Å². The topological polar surface area (TPSA) is 27.0 Å². The van der Waals surface area contributed by atoms with E-state index in [1.165, 1.54) is 25.7 Å². The van der Waals surface area contributed by atoms with Crippen molar-refractivity contribution in [3.05, 3.63) is 28.8 Å². The summed E-state index contributed by atoms with van der Waals surface area (Å²) in [5.41, 5.74) is 1.58. The summed E-state index contributed by atoms with van der Waals surface area (Å²) in [6, 6.07) is 7.94. The maximum Gasteiger partial charge on any atom is 0.103 e. The number of fused-ring (bicyclic) bond motifs is 2. The molecule has 2 fully saturated rings. The summed E-state index contributed by atoms with van der Waals surface area (Å²) in [7, 11) is 2.08. The molecule has 3 atom stereocenters. The first kappa shape index (κ1) is 12.8. The average molecular weight is 275 g/mol. The maximum atomic E-state index is 9.25. The Kier molecular flexibility index (Phi) is 3.41. The van der Waals surface area contributed by atoms with E-state index in [-0.39, 0.29) is 0 Å². The Labute approximate surface area is 120 Å². The van der Waals surface area contributed by atoms with Crippen LogP contribution in [0, 0.1) is 29.1 Å². The van der Waals surface area contributed by atoms with Crippen LogP contribution in [-0.2, 0) is 0 Å². The highest BCUT2D eigenvalue weighted by Gasteiger charge is 2.39. The van der Waals surface area contributed by atoms with Crippen LogP contribution in [0.5, 0.6) is 0 Å². The summed E-state index contributed by atoms with van der Waals surface area (Å²) in [5.74, 6) is 2.68. The lowest BCUT2D eigenvalue weighted by atomic mass is 9.88. The molecule has 2 aliphatic carbocycles. The number of halogens is 1.